The molecular formula is C14H15N3O3. The quantitative estimate of drug-likeness (QED) is 0.796. The van der Waals surface area contributed by atoms with E-state index in [1.807, 2.05) is 24.3 Å². The molecule has 3 N–H and O–H groups in total. The summed E-state index contributed by atoms with van der Waals surface area (Å²) in [5.41, 5.74) is 1.34. The Bertz CT molecular complexity index is 642. The number of benzene rings is 1. The van der Waals surface area contributed by atoms with E-state index in [2.05, 4.69) is 15.6 Å². The van der Waals surface area contributed by atoms with Crippen LogP contribution in [0.25, 0.3) is 10.9 Å². The van der Waals surface area contributed by atoms with Crippen molar-refractivity contribution in [1.29, 1.82) is 0 Å². The minimum Gasteiger partial charge on any atom is -0.480 e. The zero-order valence-electron chi connectivity index (χ0n) is 11.0. The first-order valence-electron chi connectivity index (χ1n) is 6.25. The van der Waals surface area contributed by atoms with Crippen LogP contribution in [0.2, 0.25) is 0 Å². The molecule has 1 atom stereocenters. The number of carboxylic acid groups (broad SMARTS) is 1. The summed E-state index contributed by atoms with van der Waals surface area (Å²) >= 11 is 0. The number of carboxylic acids is 1. The van der Waals surface area contributed by atoms with E-state index in [9.17, 15) is 9.59 Å². The van der Waals surface area contributed by atoms with Gasteiger partial charge in [0.05, 0.1) is 17.4 Å². The van der Waals surface area contributed by atoms with Crippen LogP contribution in [0.5, 0.6) is 0 Å². The lowest BCUT2D eigenvalue weighted by atomic mass is 10.2. The molecule has 0 bridgehead atoms. The summed E-state index contributed by atoms with van der Waals surface area (Å²) in [6.45, 7) is 1.69. The van der Waals surface area contributed by atoms with Gasteiger partial charge in [0.2, 0.25) is 0 Å². The van der Waals surface area contributed by atoms with Crippen LogP contribution in [0, 0.1) is 0 Å². The second-order valence-electron chi connectivity index (χ2n) is 4.31. The minimum absolute atomic E-state index is 0.318. The van der Waals surface area contributed by atoms with Crippen molar-refractivity contribution in [3.63, 3.8) is 0 Å². The SMILES string of the molecule is CC[C@H](NC(=O)Nc1cnc2ccccc2c1)C(=O)O. The topological polar surface area (TPSA) is 91.3 Å². The standard InChI is InChI=1S/C14H15N3O3/c1-2-11(13(18)19)17-14(20)16-10-7-9-5-3-4-6-12(9)15-8-10/h3-8,11H,2H2,1H3,(H,18,19)(H2,16,17,20)/t11-/m0/s1. The van der Waals surface area contributed by atoms with Crippen molar-refractivity contribution >= 4 is 28.6 Å². The molecule has 0 fully saturated rings. The maximum absolute atomic E-state index is 11.7. The number of rotatable bonds is 4. The van der Waals surface area contributed by atoms with Crippen molar-refractivity contribution in [3.8, 4) is 0 Å². The van der Waals surface area contributed by atoms with Crippen LogP contribution in [-0.4, -0.2) is 28.1 Å². The summed E-state index contributed by atoms with van der Waals surface area (Å²) in [4.78, 5) is 26.8. The largest absolute Gasteiger partial charge is 0.480 e. The molecule has 0 aliphatic heterocycles. The molecule has 6 nitrogen and oxygen atoms in total. The van der Waals surface area contributed by atoms with E-state index in [0.29, 0.717) is 12.1 Å². The second-order valence-corrected chi connectivity index (χ2v) is 4.31. The number of carbonyl (C=O) groups is 2. The molecule has 6 heteroatoms. The fourth-order valence-electron chi connectivity index (χ4n) is 1.80. The third-order valence-corrected chi connectivity index (χ3v) is 2.86. The van der Waals surface area contributed by atoms with E-state index in [0.717, 1.165) is 10.9 Å². The van der Waals surface area contributed by atoms with Gasteiger partial charge in [0.1, 0.15) is 6.04 Å². The van der Waals surface area contributed by atoms with E-state index >= 15 is 0 Å². The molecule has 0 aliphatic carbocycles. The van der Waals surface area contributed by atoms with Gasteiger partial charge in [-0.25, -0.2) is 9.59 Å². The van der Waals surface area contributed by atoms with Gasteiger partial charge >= 0.3 is 12.0 Å². The second kappa shape index (κ2) is 6.01. The Labute approximate surface area is 115 Å². The lowest BCUT2D eigenvalue weighted by Crippen LogP contribution is -2.42. The van der Waals surface area contributed by atoms with Crippen molar-refractivity contribution < 1.29 is 14.7 Å². The van der Waals surface area contributed by atoms with E-state index in [-0.39, 0.29) is 0 Å². The van der Waals surface area contributed by atoms with Gasteiger partial charge in [-0.1, -0.05) is 25.1 Å². The molecule has 0 aliphatic rings. The van der Waals surface area contributed by atoms with Crippen molar-refractivity contribution in [1.82, 2.24) is 10.3 Å². The van der Waals surface area contributed by atoms with Crippen LogP contribution >= 0.6 is 0 Å². The molecule has 1 heterocycles. The molecule has 0 saturated heterocycles. The number of pyridine rings is 1. The number of anilines is 1. The molecule has 1 aromatic carbocycles. The van der Waals surface area contributed by atoms with Gasteiger partial charge in [-0.3, -0.25) is 4.98 Å². The van der Waals surface area contributed by atoms with Crippen LogP contribution in [0.1, 0.15) is 13.3 Å². The molecule has 0 saturated carbocycles. The number of nitrogens with one attached hydrogen (secondary N) is 2. The smallest absolute Gasteiger partial charge is 0.326 e. The van der Waals surface area contributed by atoms with Gasteiger partial charge in [0.25, 0.3) is 0 Å². The first-order chi connectivity index (χ1) is 9.60. The Hall–Kier alpha value is -2.63. The highest BCUT2D eigenvalue weighted by molar-refractivity contribution is 5.94. The van der Waals surface area contributed by atoms with Crippen molar-refractivity contribution in [2.24, 2.45) is 0 Å². The van der Waals surface area contributed by atoms with Gasteiger partial charge < -0.3 is 15.7 Å². The molecule has 0 radical (unpaired) electrons. The predicted molar refractivity (Wildman–Crippen MR) is 75.6 cm³/mol. The number of aliphatic carboxylic acids is 1. The maximum atomic E-state index is 11.7. The number of urea groups is 1. The van der Waals surface area contributed by atoms with E-state index in [1.165, 1.54) is 6.20 Å². The van der Waals surface area contributed by atoms with Crippen LogP contribution in [0.4, 0.5) is 10.5 Å². The predicted octanol–water partition coefficient (Wildman–Crippen LogP) is 2.22. The Morgan fingerprint density at radius 2 is 2.10 bits per heavy atom. The molecule has 2 rings (SSSR count). The van der Waals surface area contributed by atoms with E-state index in [4.69, 9.17) is 5.11 Å². The first kappa shape index (κ1) is 13.8. The molecule has 0 unspecified atom stereocenters. The fraction of sp³-hybridized carbons (Fsp3) is 0.214. The molecular weight excluding hydrogens is 258 g/mol. The van der Waals surface area contributed by atoms with Crippen LogP contribution < -0.4 is 10.6 Å². The van der Waals surface area contributed by atoms with Crippen molar-refractivity contribution in [3.05, 3.63) is 36.5 Å². The molecule has 104 valence electrons. The average Bonchev–Trinajstić information content (AvgIpc) is 2.44. The summed E-state index contributed by atoms with van der Waals surface area (Å²) < 4.78 is 0. The third kappa shape index (κ3) is 3.23. The minimum atomic E-state index is -1.06. The number of hydrogen-bond acceptors (Lipinski definition) is 3. The van der Waals surface area contributed by atoms with Crippen LogP contribution in [-0.2, 0) is 4.79 Å². The number of carbonyl (C=O) groups excluding carboxylic acids is 1. The Morgan fingerprint density at radius 1 is 1.35 bits per heavy atom. The Morgan fingerprint density at radius 3 is 2.80 bits per heavy atom. The summed E-state index contributed by atoms with van der Waals surface area (Å²) in [5, 5.41) is 14.7. The highest BCUT2D eigenvalue weighted by atomic mass is 16.4. The highest BCUT2D eigenvalue weighted by Gasteiger charge is 2.17. The summed E-state index contributed by atoms with van der Waals surface area (Å²) in [6, 6.07) is 7.84. The molecule has 20 heavy (non-hydrogen) atoms. The molecule has 1 aromatic heterocycles. The summed E-state index contributed by atoms with van der Waals surface area (Å²) in [6.07, 6.45) is 1.85. The number of aromatic nitrogens is 1. The van der Waals surface area contributed by atoms with Gasteiger partial charge in [-0.05, 0) is 18.6 Å². The Balaban J connectivity index is 2.07. The average molecular weight is 273 g/mol. The number of nitrogens with zero attached hydrogens (tertiary/aromatic N) is 1. The number of fused-ring (bicyclic) bond motifs is 1. The van der Waals surface area contributed by atoms with Gasteiger partial charge in [-0.15, -0.1) is 0 Å². The van der Waals surface area contributed by atoms with E-state index < -0.39 is 18.0 Å². The van der Waals surface area contributed by atoms with Gasteiger partial charge in [-0.2, -0.15) is 0 Å². The molecule has 2 aromatic rings. The fourth-order valence-corrected chi connectivity index (χ4v) is 1.80. The maximum Gasteiger partial charge on any atom is 0.326 e. The van der Waals surface area contributed by atoms with Gasteiger partial charge in [0.15, 0.2) is 0 Å². The summed E-state index contributed by atoms with van der Waals surface area (Å²) in [7, 11) is 0. The van der Waals surface area contributed by atoms with Crippen molar-refractivity contribution in [2.45, 2.75) is 19.4 Å². The van der Waals surface area contributed by atoms with Gasteiger partial charge in [0, 0.05) is 5.39 Å². The zero-order valence-corrected chi connectivity index (χ0v) is 11.0. The summed E-state index contributed by atoms with van der Waals surface area (Å²) in [5.74, 6) is -1.06. The lowest BCUT2D eigenvalue weighted by Gasteiger charge is -2.13. The monoisotopic (exact) mass is 273 g/mol. The van der Waals surface area contributed by atoms with Crippen LogP contribution in [0.3, 0.4) is 0 Å². The molecule has 0 spiro atoms. The third-order valence-electron chi connectivity index (χ3n) is 2.86. The van der Waals surface area contributed by atoms with Crippen LogP contribution in [0.15, 0.2) is 36.5 Å². The van der Waals surface area contributed by atoms with E-state index in [1.54, 1.807) is 13.0 Å². The number of hydrogen-bond donors (Lipinski definition) is 3. The Kier molecular flexibility index (Phi) is 4.14. The van der Waals surface area contributed by atoms with Crippen molar-refractivity contribution in [2.75, 3.05) is 5.32 Å². The lowest BCUT2D eigenvalue weighted by molar-refractivity contribution is -0.139. The highest BCUT2D eigenvalue weighted by Crippen LogP contribution is 2.15. The number of amides is 2. The normalized spacial score (nSPS) is 11.8. The number of para-hydroxylation sites is 1. The first-order valence-corrected chi connectivity index (χ1v) is 6.25. The zero-order chi connectivity index (χ0) is 14.5. The molecule has 2 amide bonds.